The van der Waals surface area contributed by atoms with Gasteiger partial charge in [-0.1, -0.05) is 50.1 Å². The van der Waals surface area contributed by atoms with Crippen LogP contribution in [0.4, 0.5) is 0 Å². The third-order valence-corrected chi connectivity index (χ3v) is 3.79. The van der Waals surface area contributed by atoms with Crippen LogP contribution in [0.5, 0.6) is 0 Å². The van der Waals surface area contributed by atoms with Crippen molar-refractivity contribution >= 4 is 0 Å². The zero-order valence-corrected chi connectivity index (χ0v) is 9.52. The quantitative estimate of drug-likeness (QED) is 0.803. The second-order valence-electron chi connectivity index (χ2n) is 4.93. The summed E-state index contributed by atoms with van der Waals surface area (Å²) in [5.74, 6) is 1.56. The fourth-order valence-electron chi connectivity index (χ4n) is 2.85. The van der Waals surface area contributed by atoms with Gasteiger partial charge in [0, 0.05) is 6.04 Å². The molecule has 0 amide bonds. The van der Waals surface area contributed by atoms with Gasteiger partial charge in [-0.3, -0.25) is 0 Å². The molecular weight excluding hydrogens is 182 g/mol. The summed E-state index contributed by atoms with van der Waals surface area (Å²) in [5.41, 5.74) is 7.68. The second kappa shape index (κ2) is 4.80. The topological polar surface area (TPSA) is 26.0 Å². The molecule has 0 spiro atoms. The first-order valence-electron chi connectivity index (χ1n) is 6.07. The van der Waals surface area contributed by atoms with E-state index < -0.39 is 0 Å². The maximum absolute atomic E-state index is 6.30. The molecule has 1 aromatic rings. The van der Waals surface area contributed by atoms with E-state index in [4.69, 9.17) is 5.73 Å². The third-order valence-electron chi connectivity index (χ3n) is 3.79. The molecule has 1 nitrogen and oxygen atoms in total. The van der Waals surface area contributed by atoms with Gasteiger partial charge in [-0.25, -0.2) is 0 Å². The highest BCUT2D eigenvalue weighted by Gasteiger charge is 2.28. The van der Waals surface area contributed by atoms with Gasteiger partial charge < -0.3 is 5.73 Å². The molecule has 1 saturated carbocycles. The van der Waals surface area contributed by atoms with Gasteiger partial charge in [-0.15, -0.1) is 0 Å². The van der Waals surface area contributed by atoms with Crippen LogP contribution >= 0.6 is 0 Å². The van der Waals surface area contributed by atoms with Crippen LogP contribution in [0.3, 0.4) is 0 Å². The van der Waals surface area contributed by atoms with E-state index in [1.165, 1.54) is 24.8 Å². The Hall–Kier alpha value is -0.820. The smallest absolute Gasteiger partial charge is 0.0110 e. The summed E-state index contributed by atoms with van der Waals surface area (Å²) in [6.07, 6.45) is 5.10. The number of hydrogen-bond acceptors (Lipinski definition) is 1. The fourth-order valence-corrected chi connectivity index (χ4v) is 2.85. The minimum Gasteiger partial charge on any atom is -0.327 e. The van der Waals surface area contributed by atoms with Crippen LogP contribution in [0.25, 0.3) is 0 Å². The van der Waals surface area contributed by atoms with Crippen LogP contribution in [0.15, 0.2) is 30.3 Å². The van der Waals surface area contributed by atoms with Gasteiger partial charge in [-0.2, -0.15) is 0 Å². The van der Waals surface area contributed by atoms with Gasteiger partial charge in [-0.05, 0) is 30.2 Å². The Morgan fingerprint density at radius 2 is 2.00 bits per heavy atom. The first-order chi connectivity index (χ1) is 7.27. The van der Waals surface area contributed by atoms with Gasteiger partial charge in [0.1, 0.15) is 0 Å². The van der Waals surface area contributed by atoms with Gasteiger partial charge in [0.15, 0.2) is 0 Å². The van der Waals surface area contributed by atoms with Crippen LogP contribution in [0, 0.1) is 11.8 Å². The number of hydrogen-bond donors (Lipinski definition) is 1. The highest BCUT2D eigenvalue weighted by atomic mass is 14.7. The highest BCUT2D eigenvalue weighted by molar-refractivity contribution is 5.16. The number of benzene rings is 1. The van der Waals surface area contributed by atoms with E-state index in [1.807, 2.05) is 0 Å². The Balaban J connectivity index is 1.94. The maximum Gasteiger partial charge on any atom is 0.0110 e. The molecule has 0 aliphatic heterocycles. The molecule has 0 bridgehead atoms. The Morgan fingerprint density at radius 3 is 2.60 bits per heavy atom. The largest absolute Gasteiger partial charge is 0.327 e. The van der Waals surface area contributed by atoms with Crippen molar-refractivity contribution in [1.82, 2.24) is 0 Å². The zero-order chi connectivity index (χ0) is 10.7. The van der Waals surface area contributed by atoms with Crippen LogP contribution in [-0.4, -0.2) is 6.04 Å². The van der Waals surface area contributed by atoms with Crippen molar-refractivity contribution in [1.29, 1.82) is 0 Å². The lowest BCUT2D eigenvalue weighted by Crippen LogP contribution is -2.33. The third kappa shape index (κ3) is 2.60. The minimum atomic E-state index is 0.352. The summed E-state index contributed by atoms with van der Waals surface area (Å²) in [7, 11) is 0. The van der Waals surface area contributed by atoms with E-state index in [2.05, 4.69) is 37.3 Å². The molecule has 1 aliphatic rings. The summed E-state index contributed by atoms with van der Waals surface area (Å²) in [6.45, 7) is 2.35. The lowest BCUT2D eigenvalue weighted by atomic mass is 9.87. The SMILES string of the molecule is CC1CCCC1C(N)Cc1ccccc1. The van der Waals surface area contributed by atoms with E-state index in [0.717, 1.165) is 18.3 Å². The van der Waals surface area contributed by atoms with E-state index >= 15 is 0 Å². The van der Waals surface area contributed by atoms with Crippen LogP contribution in [-0.2, 0) is 6.42 Å². The first-order valence-corrected chi connectivity index (χ1v) is 6.07. The molecule has 3 unspecified atom stereocenters. The van der Waals surface area contributed by atoms with Crippen LogP contribution < -0.4 is 5.73 Å². The van der Waals surface area contributed by atoms with Crippen molar-refractivity contribution < 1.29 is 0 Å². The summed E-state index contributed by atoms with van der Waals surface area (Å²) in [4.78, 5) is 0. The van der Waals surface area contributed by atoms with Crippen molar-refractivity contribution in [2.24, 2.45) is 17.6 Å². The molecule has 2 N–H and O–H groups in total. The van der Waals surface area contributed by atoms with E-state index in [9.17, 15) is 0 Å². The molecule has 1 heteroatoms. The molecule has 82 valence electrons. The average molecular weight is 203 g/mol. The second-order valence-corrected chi connectivity index (χ2v) is 4.93. The lowest BCUT2D eigenvalue weighted by Gasteiger charge is -2.23. The van der Waals surface area contributed by atoms with Crippen LogP contribution in [0.2, 0.25) is 0 Å². The van der Waals surface area contributed by atoms with E-state index in [1.54, 1.807) is 0 Å². The van der Waals surface area contributed by atoms with Gasteiger partial charge >= 0.3 is 0 Å². The highest BCUT2D eigenvalue weighted by Crippen LogP contribution is 2.33. The number of nitrogens with two attached hydrogens (primary N) is 1. The van der Waals surface area contributed by atoms with Crippen LogP contribution in [0.1, 0.15) is 31.7 Å². The molecule has 0 aromatic heterocycles. The van der Waals surface area contributed by atoms with Crippen molar-refractivity contribution in [3.05, 3.63) is 35.9 Å². The number of rotatable bonds is 3. The molecule has 1 aliphatic carbocycles. The van der Waals surface area contributed by atoms with Gasteiger partial charge in [0.05, 0.1) is 0 Å². The summed E-state index contributed by atoms with van der Waals surface area (Å²) >= 11 is 0. The molecule has 1 fully saturated rings. The predicted octanol–water partition coefficient (Wildman–Crippen LogP) is 2.99. The van der Waals surface area contributed by atoms with Crippen molar-refractivity contribution in [2.45, 2.75) is 38.6 Å². The van der Waals surface area contributed by atoms with E-state index in [-0.39, 0.29) is 0 Å². The molecule has 0 radical (unpaired) electrons. The average Bonchev–Trinajstić information content (AvgIpc) is 2.66. The Kier molecular flexibility index (Phi) is 3.42. The molecule has 3 atom stereocenters. The molecule has 0 saturated heterocycles. The Labute approximate surface area is 92.7 Å². The molecule has 2 rings (SSSR count). The van der Waals surface area contributed by atoms with Gasteiger partial charge in [0.25, 0.3) is 0 Å². The fraction of sp³-hybridized carbons (Fsp3) is 0.571. The van der Waals surface area contributed by atoms with E-state index in [0.29, 0.717) is 6.04 Å². The van der Waals surface area contributed by atoms with Crippen molar-refractivity contribution in [3.63, 3.8) is 0 Å². The standard InChI is InChI=1S/C14H21N/c1-11-6-5-9-13(11)14(15)10-12-7-3-2-4-8-12/h2-4,7-8,11,13-14H,5-6,9-10,15H2,1H3. The molecule has 1 aromatic carbocycles. The Bertz CT molecular complexity index is 293. The zero-order valence-electron chi connectivity index (χ0n) is 9.52. The minimum absolute atomic E-state index is 0.352. The predicted molar refractivity (Wildman–Crippen MR) is 64.6 cm³/mol. The van der Waals surface area contributed by atoms with Gasteiger partial charge in [0.2, 0.25) is 0 Å². The van der Waals surface area contributed by atoms with Crippen molar-refractivity contribution in [3.8, 4) is 0 Å². The molecule has 0 heterocycles. The van der Waals surface area contributed by atoms with Crippen molar-refractivity contribution in [2.75, 3.05) is 0 Å². The molecule has 15 heavy (non-hydrogen) atoms. The monoisotopic (exact) mass is 203 g/mol. The first kappa shape index (κ1) is 10.7. The summed E-state index contributed by atoms with van der Waals surface area (Å²) in [5, 5.41) is 0. The Morgan fingerprint density at radius 1 is 1.27 bits per heavy atom. The lowest BCUT2D eigenvalue weighted by molar-refractivity contribution is 0.343. The maximum atomic E-state index is 6.30. The normalized spacial score (nSPS) is 27.9. The summed E-state index contributed by atoms with van der Waals surface area (Å²) in [6, 6.07) is 11.0. The summed E-state index contributed by atoms with van der Waals surface area (Å²) < 4.78 is 0. The molecular formula is C14H21N.